The fraction of sp³-hybridized carbons (Fsp3) is 0.381. The second-order valence-corrected chi connectivity index (χ2v) is 7.48. The van der Waals surface area contributed by atoms with Gasteiger partial charge in [-0.3, -0.25) is 13.9 Å². The van der Waals surface area contributed by atoms with Crippen molar-refractivity contribution in [3.8, 4) is 0 Å². The van der Waals surface area contributed by atoms with Crippen molar-refractivity contribution in [2.75, 3.05) is 11.4 Å². The second kappa shape index (κ2) is 6.82. The van der Waals surface area contributed by atoms with Crippen LogP contribution in [0, 0.1) is 5.92 Å². The number of hydrogen-bond donors (Lipinski definition) is 0. The van der Waals surface area contributed by atoms with Gasteiger partial charge in [-0.25, -0.2) is 4.79 Å². The molecule has 4 rings (SSSR count). The number of allylic oxidation sites excluding steroid dienone is 1. The van der Waals surface area contributed by atoms with Crippen LogP contribution in [0.15, 0.2) is 46.5 Å². The molecular formula is C21H25N5O2. The Morgan fingerprint density at radius 2 is 1.93 bits per heavy atom. The summed E-state index contributed by atoms with van der Waals surface area (Å²) in [6, 6.07) is 8.42. The topological polar surface area (TPSA) is 65.1 Å². The van der Waals surface area contributed by atoms with Gasteiger partial charge in [0.2, 0.25) is 5.95 Å². The normalized spacial score (nSPS) is 16.4. The summed E-state index contributed by atoms with van der Waals surface area (Å²) >= 11 is 0. The number of anilines is 2. The molecule has 146 valence electrons. The van der Waals surface area contributed by atoms with E-state index in [1.807, 2.05) is 4.57 Å². The standard InChI is InChI=1S/C21H25N5O2/c1-5-11-24-19(27)17-18(23(4)21(24)28)22-20-25(12-14(3)13-26(17)20)16-9-7-15(6-2)8-10-16/h5,7-10,14H,1,6,11-13H2,2-4H3/t14-/m0/s1. The Morgan fingerprint density at radius 1 is 1.21 bits per heavy atom. The van der Waals surface area contributed by atoms with Crippen LogP contribution >= 0.6 is 0 Å². The van der Waals surface area contributed by atoms with E-state index >= 15 is 0 Å². The molecule has 1 aromatic carbocycles. The maximum Gasteiger partial charge on any atom is 0.332 e. The summed E-state index contributed by atoms with van der Waals surface area (Å²) in [4.78, 5) is 32.5. The Bertz CT molecular complexity index is 1170. The Morgan fingerprint density at radius 3 is 2.57 bits per heavy atom. The number of aromatic nitrogens is 4. The Labute approximate surface area is 163 Å². The van der Waals surface area contributed by atoms with Crippen LogP contribution in [0.5, 0.6) is 0 Å². The zero-order valence-electron chi connectivity index (χ0n) is 16.6. The largest absolute Gasteiger partial charge is 0.332 e. The Balaban J connectivity index is 1.97. The molecule has 2 aromatic heterocycles. The van der Waals surface area contributed by atoms with Gasteiger partial charge >= 0.3 is 5.69 Å². The highest BCUT2D eigenvalue weighted by Gasteiger charge is 2.29. The highest BCUT2D eigenvalue weighted by atomic mass is 16.2. The zero-order valence-corrected chi connectivity index (χ0v) is 16.6. The average molecular weight is 379 g/mol. The molecule has 0 spiro atoms. The van der Waals surface area contributed by atoms with E-state index in [0.29, 0.717) is 29.6 Å². The summed E-state index contributed by atoms with van der Waals surface area (Å²) in [5.74, 6) is 1.04. The lowest BCUT2D eigenvalue weighted by molar-refractivity contribution is 0.458. The van der Waals surface area contributed by atoms with Gasteiger partial charge in [0.25, 0.3) is 5.56 Å². The van der Waals surface area contributed by atoms with Gasteiger partial charge in [0.05, 0.1) is 0 Å². The van der Waals surface area contributed by atoms with Gasteiger partial charge in [0.15, 0.2) is 11.2 Å². The van der Waals surface area contributed by atoms with Gasteiger partial charge in [-0.05, 0) is 30.0 Å². The summed E-state index contributed by atoms with van der Waals surface area (Å²) in [6.07, 6.45) is 2.55. The monoisotopic (exact) mass is 379 g/mol. The molecule has 0 aliphatic carbocycles. The molecule has 0 bridgehead atoms. The molecule has 0 amide bonds. The van der Waals surface area contributed by atoms with Gasteiger partial charge < -0.3 is 9.47 Å². The molecule has 3 heterocycles. The van der Waals surface area contributed by atoms with Gasteiger partial charge in [0.1, 0.15) is 0 Å². The molecule has 0 unspecified atom stereocenters. The third kappa shape index (κ3) is 2.69. The summed E-state index contributed by atoms with van der Waals surface area (Å²) < 4.78 is 4.62. The van der Waals surface area contributed by atoms with Crippen molar-refractivity contribution in [1.29, 1.82) is 0 Å². The van der Waals surface area contributed by atoms with Crippen molar-refractivity contribution in [2.24, 2.45) is 13.0 Å². The third-order valence-electron chi connectivity index (χ3n) is 5.41. The smallest absolute Gasteiger partial charge is 0.312 e. The van der Waals surface area contributed by atoms with Gasteiger partial charge in [0, 0.05) is 32.4 Å². The van der Waals surface area contributed by atoms with E-state index in [1.165, 1.54) is 14.7 Å². The number of imidazole rings is 1. The van der Waals surface area contributed by atoms with E-state index in [9.17, 15) is 9.59 Å². The van der Waals surface area contributed by atoms with Crippen LogP contribution in [0.25, 0.3) is 11.2 Å². The molecule has 0 fully saturated rings. The number of rotatable bonds is 4. The molecule has 28 heavy (non-hydrogen) atoms. The van der Waals surface area contributed by atoms with Crippen molar-refractivity contribution in [3.05, 3.63) is 63.3 Å². The van der Waals surface area contributed by atoms with Crippen LogP contribution in [-0.2, 0) is 26.6 Å². The number of hydrogen-bond acceptors (Lipinski definition) is 4. The van der Waals surface area contributed by atoms with Crippen LogP contribution in [0.3, 0.4) is 0 Å². The minimum atomic E-state index is -0.375. The SMILES string of the molecule is C=CCn1c(=O)c2c(nc3n2C[C@@H](C)CN3c2ccc(CC)cc2)n(C)c1=O. The van der Waals surface area contributed by atoms with Crippen LogP contribution in [0.1, 0.15) is 19.4 Å². The van der Waals surface area contributed by atoms with Gasteiger partial charge in [-0.2, -0.15) is 4.98 Å². The lowest BCUT2D eigenvalue weighted by atomic mass is 10.1. The zero-order chi connectivity index (χ0) is 20.0. The van der Waals surface area contributed by atoms with E-state index < -0.39 is 0 Å². The molecule has 1 aliphatic rings. The van der Waals surface area contributed by atoms with E-state index in [2.05, 4.69) is 49.6 Å². The molecule has 1 aliphatic heterocycles. The average Bonchev–Trinajstić information content (AvgIpc) is 3.08. The van der Waals surface area contributed by atoms with Crippen molar-refractivity contribution in [3.63, 3.8) is 0 Å². The van der Waals surface area contributed by atoms with E-state index in [1.54, 1.807) is 13.1 Å². The van der Waals surface area contributed by atoms with Crippen molar-refractivity contribution in [1.82, 2.24) is 18.7 Å². The molecule has 0 radical (unpaired) electrons. The number of benzene rings is 1. The van der Waals surface area contributed by atoms with Crippen LogP contribution in [0.4, 0.5) is 11.6 Å². The first kappa shape index (κ1) is 18.3. The van der Waals surface area contributed by atoms with Gasteiger partial charge in [-0.15, -0.1) is 6.58 Å². The van der Waals surface area contributed by atoms with Crippen LogP contribution in [0.2, 0.25) is 0 Å². The first-order valence-corrected chi connectivity index (χ1v) is 9.63. The molecule has 0 saturated carbocycles. The lowest BCUT2D eigenvalue weighted by Crippen LogP contribution is -2.40. The van der Waals surface area contributed by atoms with Crippen LogP contribution in [-0.4, -0.2) is 25.2 Å². The fourth-order valence-electron chi connectivity index (χ4n) is 3.92. The molecule has 0 N–H and O–H groups in total. The maximum absolute atomic E-state index is 13.1. The highest BCUT2D eigenvalue weighted by Crippen LogP contribution is 2.32. The third-order valence-corrected chi connectivity index (χ3v) is 5.41. The van der Waals surface area contributed by atoms with Crippen LogP contribution < -0.4 is 16.1 Å². The predicted molar refractivity (Wildman–Crippen MR) is 111 cm³/mol. The van der Waals surface area contributed by atoms with E-state index in [0.717, 1.165) is 18.7 Å². The van der Waals surface area contributed by atoms with E-state index in [4.69, 9.17) is 4.98 Å². The van der Waals surface area contributed by atoms with E-state index in [-0.39, 0.29) is 17.8 Å². The summed E-state index contributed by atoms with van der Waals surface area (Å²) in [7, 11) is 1.66. The first-order valence-electron chi connectivity index (χ1n) is 9.63. The van der Waals surface area contributed by atoms with Gasteiger partial charge in [-0.1, -0.05) is 32.1 Å². The number of nitrogens with zero attached hydrogens (tertiary/aromatic N) is 5. The fourth-order valence-corrected chi connectivity index (χ4v) is 3.92. The number of fused-ring (bicyclic) bond motifs is 3. The highest BCUT2D eigenvalue weighted by molar-refractivity contribution is 5.77. The quantitative estimate of drug-likeness (QED) is 0.653. The molecule has 1 atom stereocenters. The molecule has 3 aromatic rings. The predicted octanol–water partition coefficient (Wildman–Crippen LogP) is 2.43. The van der Waals surface area contributed by atoms with Crippen molar-refractivity contribution >= 4 is 22.8 Å². The Hall–Kier alpha value is -3.09. The lowest BCUT2D eigenvalue weighted by Gasteiger charge is -2.33. The minimum Gasteiger partial charge on any atom is -0.312 e. The number of aryl methyl sites for hydroxylation is 2. The molecule has 7 nitrogen and oxygen atoms in total. The molecule has 0 saturated heterocycles. The molecular weight excluding hydrogens is 354 g/mol. The van der Waals surface area contributed by atoms with Crippen molar-refractivity contribution < 1.29 is 0 Å². The second-order valence-electron chi connectivity index (χ2n) is 7.48. The van der Waals surface area contributed by atoms with Crippen molar-refractivity contribution in [2.45, 2.75) is 33.4 Å². The summed E-state index contributed by atoms with van der Waals surface area (Å²) in [5.41, 5.74) is 2.52. The minimum absolute atomic E-state index is 0.180. The molecule has 7 heteroatoms. The Kier molecular flexibility index (Phi) is 4.45. The summed E-state index contributed by atoms with van der Waals surface area (Å²) in [5, 5.41) is 0. The first-order chi connectivity index (χ1) is 13.5. The maximum atomic E-state index is 13.1. The summed E-state index contributed by atoms with van der Waals surface area (Å²) in [6.45, 7) is 9.63.